The lowest BCUT2D eigenvalue weighted by Crippen LogP contribution is -2.46. The van der Waals surface area contributed by atoms with E-state index in [-0.39, 0.29) is 17.5 Å². The molecule has 3 rings (SSSR count). The van der Waals surface area contributed by atoms with Crippen molar-refractivity contribution < 1.29 is 18.3 Å². The van der Waals surface area contributed by atoms with Crippen molar-refractivity contribution in [2.75, 3.05) is 20.1 Å². The van der Waals surface area contributed by atoms with Crippen molar-refractivity contribution in [2.45, 2.75) is 32.0 Å². The number of benzene rings is 1. The minimum atomic E-state index is -4.51. The number of piperidine rings is 1. The number of alkyl halides is 3. The molecule has 1 fully saturated rings. The third kappa shape index (κ3) is 4.39. The second-order valence-electron chi connectivity index (χ2n) is 7.28. The largest absolute Gasteiger partial charge is 0.507 e. The summed E-state index contributed by atoms with van der Waals surface area (Å²) >= 11 is 0. The molecule has 1 aliphatic rings. The Balaban J connectivity index is 1.83. The number of hydrogen-bond donors (Lipinski definition) is 2. The van der Waals surface area contributed by atoms with Gasteiger partial charge >= 0.3 is 6.18 Å². The lowest BCUT2D eigenvalue weighted by Gasteiger charge is -2.34. The molecule has 0 amide bonds. The number of phenols is 1. The van der Waals surface area contributed by atoms with E-state index in [0.29, 0.717) is 18.2 Å². The minimum absolute atomic E-state index is 0.113. The molecule has 1 aromatic carbocycles. The molecule has 0 saturated carbocycles. The van der Waals surface area contributed by atoms with E-state index in [1.807, 2.05) is 6.07 Å². The average Bonchev–Trinajstić information content (AvgIpc) is 2.58. The summed E-state index contributed by atoms with van der Waals surface area (Å²) in [5, 5.41) is 18.4. The number of aromatic nitrogens is 2. The first-order chi connectivity index (χ1) is 12.6. The number of aromatic hydroxyl groups is 1. The van der Waals surface area contributed by atoms with Gasteiger partial charge in [-0.1, -0.05) is 0 Å². The molecule has 2 atom stereocenters. The highest BCUT2D eigenvalue weighted by atomic mass is 19.4. The molecule has 3 N–H and O–H groups in total. The van der Waals surface area contributed by atoms with Crippen LogP contribution in [0.3, 0.4) is 0 Å². The summed E-state index contributed by atoms with van der Waals surface area (Å²) in [6.45, 7) is 3.68. The van der Waals surface area contributed by atoms with E-state index in [2.05, 4.69) is 22.1 Å². The zero-order valence-electron chi connectivity index (χ0n) is 15.3. The summed E-state index contributed by atoms with van der Waals surface area (Å²) < 4.78 is 38.3. The molecule has 2 aromatic rings. The fourth-order valence-electron chi connectivity index (χ4n) is 3.53. The van der Waals surface area contributed by atoms with Crippen LogP contribution in [0.15, 0.2) is 24.3 Å². The molecule has 2 heterocycles. The topological polar surface area (TPSA) is 75.3 Å². The number of nitrogens with two attached hydrogens (primary N) is 1. The molecule has 1 saturated heterocycles. The Kier molecular flexibility index (Phi) is 5.39. The molecule has 1 aliphatic heterocycles. The highest BCUT2D eigenvalue weighted by Gasteiger charge is 2.31. The van der Waals surface area contributed by atoms with Crippen LogP contribution in [0, 0.1) is 12.8 Å². The molecule has 0 spiro atoms. The first-order valence-electron chi connectivity index (χ1n) is 8.83. The van der Waals surface area contributed by atoms with Crippen LogP contribution in [0.1, 0.15) is 23.2 Å². The number of aryl methyl sites for hydroxylation is 1. The second-order valence-corrected chi connectivity index (χ2v) is 7.28. The van der Waals surface area contributed by atoms with Crippen molar-refractivity contribution in [2.24, 2.45) is 11.7 Å². The fraction of sp³-hybridized carbons (Fsp3) is 0.474. The molecule has 5 nitrogen and oxygen atoms in total. The fourth-order valence-corrected chi connectivity index (χ4v) is 3.53. The van der Waals surface area contributed by atoms with Crippen LogP contribution in [0.2, 0.25) is 0 Å². The lowest BCUT2D eigenvalue weighted by molar-refractivity contribution is -0.137. The molecular formula is C19H23F3N4O. The summed E-state index contributed by atoms with van der Waals surface area (Å²) in [5.74, 6) is -0.186. The number of nitrogens with zero attached hydrogens (tertiary/aromatic N) is 3. The summed E-state index contributed by atoms with van der Waals surface area (Å²) in [4.78, 5) is 2.24. The molecule has 27 heavy (non-hydrogen) atoms. The van der Waals surface area contributed by atoms with E-state index in [1.54, 1.807) is 6.92 Å². The zero-order valence-corrected chi connectivity index (χ0v) is 15.3. The molecular weight excluding hydrogens is 357 g/mol. The Morgan fingerprint density at radius 1 is 1.26 bits per heavy atom. The maximum Gasteiger partial charge on any atom is 0.416 e. The monoisotopic (exact) mass is 380 g/mol. The van der Waals surface area contributed by atoms with Gasteiger partial charge in [-0.3, -0.25) is 0 Å². The van der Waals surface area contributed by atoms with Gasteiger partial charge in [0.2, 0.25) is 0 Å². The van der Waals surface area contributed by atoms with Crippen molar-refractivity contribution in [1.82, 2.24) is 15.1 Å². The van der Waals surface area contributed by atoms with Crippen LogP contribution in [-0.2, 0) is 12.6 Å². The third-order valence-electron chi connectivity index (χ3n) is 5.08. The molecule has 146 valence electrons. The number of rotatable bonds is 3. The summed E-state index contributed by atoms with van der Waals surface area (Å²) in [6, 6.07) is 4.84. The van der Waals surface area contributed by atoms with Gasteiger partial charge in [0, 0.05) is 18.2 Å². The van der Waals surface area contributed by atoms with Gasteiger partial charge in [-0.2, -0.15) is 18.3 Å². The molecule has 0 aliphatic carbocycles. The predicted molar refractivity (Wildman–Crippen MR) is 96.2 cm³/mol. The van der Waals surface area contributed by atoms with Gasteiger partial charge in [-0.25, -0.2) is 0 Å². The van der Waals surface area contributed by atoms with Gasteiger partial charge < -0.3 is 15.7 Å². The number of hydrogen-bond acceptors (Lipinski definition) is 5. The quantitative estimate of drug-likeness (QED) is 0.856. The number of phenolic OH excluding ortho intramolecular Hbond substituents is 1. The average molecular weight is 380 g/mol. The Hall–Kier alpha value is -2.19. The Labute approximate surface area is 156 Å². The van der Waals surface area contributed by atoms with E-state index in [9.17, 15) is 18.3 Å². The summed E-state index contributed by atoms with van der Waals surface area (Å²) in [6.07, 6.45) is -2.88. The van der Waals surface area contributed by atoms with Crippen LogP contribution in [0.4, 0.5) is 13.2 Å². The van der Waals surface area contributed by atoms with Gasteiger partial charge in [-0.15, -0.1) is 5.10 Å². The first-order valence-corrected chi connectivity index (χ1v) is 8.83. The van der Waals surface area contributed by atoms with Crippen molar-refractivity contribution in [3.8, 4) is 17.0 Å². The second kappa shape index (κ2) is 7.44. The Morgan fingerprint density at radius 3 is 2.63 bits per heavy atom. The molecule has 0 bridgehead atoms. The summed E-state index contributed by atoms with van der Waals surface area (Å²) in [5.41, 5.74) is 7.45. The Morgan fingerprint density at radius 2 is 2.00 bits per heavy atom. The van der Waals surface area contributed by atoms with Gasteiger partial charge in [0.25, 0.3) is 0 Å². The van der Waals surface area contributed by atoms with Crippen LogP contribution in [0.5, 0.6) is 5.75 Å². The number of halogens is 3. The van der Waals surface area contributed by atoms with Crippen molar-refractivity contribution in [3.63, 3.8) is 0 Å². The van der Waals surface area contributed by atoms with E-state index in [1.165, 1.54) is 6.07 Å². The van der Waals surface area contributed by atoms with Gasteiger partial charge in [0.1, 0.15) is 5.75 Å². The maximum atomic E-state index is 12.8. The normalized spacial score (nSPS) is 21.4. The van der Waals surface area contributed by atoms with Crippen LogP contribution in [-0.4, -0.2) is 46.4 Å². The smallest absolute Gasteiger partial charge is 0.416 e. The molecule has 2 unspecified atom stereocenters. The van der Waals surface area contributed by atoms with Crippen LogP contribution in [0.25, 0.3) is 11.3 Å². The maximum absolute atomic E-state index is 12.8. The van der Waals surface area contributed by atoms with E-state index >= 15 is 0 Å². The van der Waals surface area contributed by atoms with E-state index < -0.39 is 17.5 Å². The van der Waals surface area contributed by atoms with Crippen molar-refractivity contribution in [1.29, 1.82) is 0 Å². The summed E-state index contributed by atoms with van der Waals surface area (Å²) in [7, 11) is 2.06. The standard InChI is InChI=1S/C19H23F3N4O/c1-11-7-14(8-12-10-26(2)6-5-16(12)23)24-25-18(11)15-4-3-13(9-17(15)27)19(20,21)22/h3-4,7,9,12,16,27H,5-6,8,10,23H2,1-2H3. The van der Waals surface area contributed by atoms with Gasteiger partial charge in [0.05, 0.1) is 17.0 Å². The van der Waals surface area contributed by atoms with Crippen LogP contribution < -0.4 is 5.73 Å². The van der Waals surface area contributed by atoms with E-state index in [4.69, 9.17) is 5.73 Å². The molecule has 0 radical (unpaired) electrons. The zero-order chi connectivity index (χ0) is 19.8. The van der Waals surface area contributed by atoms with Crippen molar-refractivity contribution >= 4 is 0 Å². The minimum Gasteiger partial charge on any atom is -0.507 e. The molecule has 8 heteroatoms. The lowest BCUT2D eigenvalue weighted by atomic mass is 9.89. The first kappa shape index (κ1) is 19.6. The highest BCUT2D eigenvalue weighted by Crippen LogP contribution is 2.36. The van der Waals surface area contributed by atoms with Gasteiger partial charge in [0.15, 0.2) is 0 Å². The third-order valence-corrected chi connectivity index (χ3v) is 5.08. The van der Waals surface area contributed by atoms with E-state index in [0.717, 1.165) is 36.8 Å². The predicted octanol–water partition coefficient (Wildman–Crippen LogP) is 3.00. The van der Waals surface area contributed by atoms with Crippen molar-refractivity contribution in [3.05, 3.63) is 41.1 Å². The number of likely N-dealkylation sites (tertiary alicyclic amines) is 1. The van der Waals surface area contributed by atoms with Crippen LogP contribution >= 0.6 is 0 Å². The highest BCUT2D eigenvalue weighted by molar-refractivity contribution is 5.69. The SMILES string of the molecule is Cc1cc(CC2CN(C)CCC2N)nnc1-c1ccc(C(F)(F)F)cc1O. The van der Waals surface area contributed by atoms with Gasteiger partial charge in [-0.05, 0) is 69.1 Å². The molecule has 1 aromatic heterocycles. The Bertz CT molecular complexity index is 825.